The summed E-state index contributed by atoms with van der Waals surface area (Å²) in [6.07, 6.45) is 3.66. The molecule has 0 aliphatic heterocycles. The van der Waals surface area contributed by atoms with E-state index in [1.54, 1.807) is 0 Å². The summed E-state index contributed by atoms with van der Waals surface area (Å²) >= 11 is 5.60. The number of halogens is 1. The maximum atomic E-state index is 5.60. The van der Waals surface area contributed by atoms with Crippen LogP contribution in [0.2, 0.25) is 0 Å². The fourth-order valence-corrected chi connectivity index (χ4v) is 1.42. The Morgan fingerprint density at radius 1 is 1.33 bits per heavy atom. The van der Waals surface area contributed by atoms with Crippen LogP contribution in [-0.2, 0) is 0 Å². The summed E-state index contributed by atoms with van der Waals surface area (Å²) in [5, 5.41) is 0. The predicted molar refractivity (Wildman–Crippen MR) is 56.9 cm³/mol. The van der Waals surface area contributed by atoms with E-state index < -0.39 is 0 Å². The molecule has 0 aromatic carbocycles. The number of alkyl halides is 1. The van der Waals surface area contributed by atoms with E-state index in [-0.39, 0.29) is 0 Å². The van der Waals surface area contributed by atoms with Crippen molar-refractivity contribution < 1.29 is 0 Å². The number of hydrogen-bond acceptors (Lipinski definition) is 1. The third-order valence-corrected chi connectivity index (χ3v) is 2.51. The summed E-state index contributed by atoms with van der Waals surface area (Å²) in [6.45, 7) is 6.96. The zero-order valence-electron chi connectivity index (χ0n) is 8.65. The monoisotopic (exact) mass is 191 g/mol. The maximum Gasteiger partial charge on any atom is 0.0223 e. The Morgan fingerprint density at radius 2 is 2.00 bits per heavy atom. The van der Waals surface area contributed by atoms with E-state index in [0.717, 1.165) is 18.2 Å². The molecule has 74 valence electrons. The second-order valence-electron chi connectivity index (χ2n) is 3.67. The average molecular weight is 192 g/mol. The lowest BCUT2D eigenvalue weighted by Gasteiger charge is -2.19. The molecule has 12 heavy (non-hydrogen) atoms. The molecule has 0 spiro atoms. The van der Waals surface area contributed by atoms with Crippen molar-refractivity contribution in [3.05, 3.63) is 0 Å². The Bertz CT molecular complexity index is 95.8. The van der Waals surface area contributed by atoms with Gasteiger partial charge in [-0.2, -0.15) is 0 Å². The van der Waals surface area contributed by atoms with Crippen molar-refractivity contribution in [1.82, 2.24) is 4.90 Å². The lowest BCUT2D eigenvalue weighted by molar-refractivity contribution is 0.278. The van der Waals surface area contributed by atoms with Crippen LogP contribution in [0.3, 0.4) is 0 Å². The molecule has 0 radical (unpaired) electrons. The highest BCUT2D eigenvalue weighted by atomic mass is 35.5. The van der Waals surface area contributed by atoms with Gasteiger partial charge in [0, 0.05) is 12.4 Å². The normalized spacial score (nSPS) is 13.8. The second kappa shape index (κ2) is 7.88. The van der Waals surface area contributed by atoms with Gasteiger partial charge in [-0.25, -0.2) is 0 Å². The Labute approximate surface area is 82.1 Å². The molecule has 1 unspecified atom stereocenters. The van der Waals surface area contributed by atoms with Gasteiger partial charge in [-0.1, -0.05) is 20.3 Å². The van der Waals surface area contributed by atoms with Crippen molar-refractivity contribution in [2.45, 2.75) is 33.1 Å². The molecule has 0 aliphatic carbocycles. The summed E-state index contributed by atoms with van der Waals surface area (Å²) in [5.41, 5.74) is 0. The molecule has 0 aliphatic rings. The zero-order chi connectivity index (χ0) is 9.40. The highest BCUT2D eigenvalue weighted by Crippen LogP contribution is 2.03. The molecule has 1 nitrogen and oxygen atoms in total. The van der Waals surface area contributed by atoms with Crippen LogP contribution >= 0.6 is 11.6 Å². The fourth-order valence-electron chi connectivity index (χ4n) is 1.23. The summed E-state index contributed by atoms with van der Waals surface area (Å²) in [6, 6.07) is 0. The quantitative estimate of drug-likeness (QED) is 0.442. The van der Waals surface area contributed by atoms with E-state index in [1.165, 1.54) is 25.9 Å². The Morgan fingerprint density at radius 3 is 2.50 bits per heavy atom. The number of hydrogen-bond donors (Lipinski definition) is 0. The van der Waals surface area contributed by atoms with Gasteiger partial charge in [0.1, 0.15) is 0 Å². The number of rotatable bonds is 7. The molecule has 0 aromatic rings. The van der Waals surface area contributed by atoms with Crippen LogP contribution in [0, 0.1) is 5.92 Å². The molecule has 0 bridgehead atoms. The third-order valence-electron chi connectivity index (χ3n) is 2.24. The van der Waals surface area contributed by atoms with Gasteiger partial charge in [0.25, 0.3) is 0 Å². The van der Waals surface area contributed by atoms with Crippen LogP contribution < -0.4 is 0 Å². The zero-order valence-corrected chi connectivity index (χ0v) is 9.40. The van der Waals surface area contributed by atoms with E-state index in [0.29, 0.717) is 0 Å². The van der Waals surface area contributed by atoms with Crippen LogP contribution in [0.1, 0.15) is 33.1 Å². The van der Waals surface area contributed by atoms with Gasteiger partial charge in [-0.3, -0.25) is 0 Å². The molecule has 0 rings (SSSR count). The number of nitrogens with zero attached hydrogens (tertiary/aromatic N) is 1. The van der Waals surface area contributed by atoms with Crippen molar-refractivity contribution >= 4 is 11.6 Å². The van der Waals surface area contributed by atoms with Crippen LogP contribution in [0.5, 0.6) is 0 Å². The van der Waals surface area contributed by atoms with Crippen LogP contribution in [0.4, 0.5) is 0 Å². The second-order valence-corrected chi connectivity index (χ2v) is 4.05. The van der Waals surface area contributed by atoms with Gasteiger partial charge >= 0.3 is 0 Å². The minimum atomic E-state index is 0.803. The molecule has 0 N–H and O–H groups in total. The Kier molecular flexibility index (Phi) is 8.04. The van der Waals surface area contributed by atoms with Crippen molar-refractivity contribution in [3.63, 3.8) is 0 Å². The van der Waals surface area contributed by atoms with Gasteiger partial charge in [-0.15, -0.1) is 11.6 Å². The third kappa shape index (κ3) is 6.93. The summed E-state index contributed by atoms with van der Waals surface area (Å²) in [7, 11) is 2.19. The molecule has 0 amide bonds. The molecule has 0 fully saturated rings. The predicted octanol–water partition coefficient (Wildman–Crippen LogP) is 2.98. The minimum absolute atomic E-state index is 0.803. The molecular formula is C10H22ClN. The Hall–Kier alpha value is 0.250. The van der Waals surface area contributed by atoms with E-state index in [9.17, 15) is 0 Å². The smallest absolute Gasteiger partial charge is 0.0223 e. The SMILES string of the molecule is CCC(C)CN(C)CCCCCl. The lowest BCUT2D eigenvalue weighted by Crippen LogP contribution is -2.25. The van der Waals surface area contributed by atoms with Gasteiger partial charge in [0.2, 0.25) is 0 Å². The standard InChI is InChI=1S/C10H22ClN/c1-4-10(2)9-12(3)8-6-5-7-11/h10H,4-9H2,1-3H3. The summed E-state index contributed by atoms with van der Waals surface area (Å²) < 4.78 is 0. The largest absolute Gasteiger partial charge is 0.306 e. The van der Waals surface area contributed by atoms with Gasteiger partial charge in [-0.05, 0) is 32.4 Å². The van der Waals surface area contributed by atoms with Crippen molar-refractivity contribution in [3.8, 4) is 0 Å². The lowest BCUT2D eigenvalue weighted by atomic mass is 10.1. The summed E-state index contributed by atoms with van der Waals surface area (Å²) in [5.74, 6) is 1.63. The molecule has 0 saturated carbocycles. The van der Waals surface area contributed by atoms with E-state index >= 15 is 0 Å². The maximum absolute atomic E-state index is 5.60. The minimum Gasteiger partial charge on any atom is -0.306 e. The van der Waals surface area contributed by atoms with Gasteiger partial charge < -0.3 is 4.90 Å². The topological polar surface area (TPSA) is 3.24 Å². The first-order valence-corrected chi connectivity index (χ1v) is 5.48. The molecule has 0 heterocycles. The molecule has 1 atom stereocenters. The van der Waals surface area contributed by atoms with Crippen LogP contribution in [0.15, 0.2) is 0 Å². The van der Waals surface area contributed by atoms with Gasteiger partial charge in [0.15, 0.2) is 0 Å². The highest BCUT2D eigenvalue weighted by molar-refractivity contribution is 6.17. The molecular weight excluding hydrogens is 170 g/mol. The van der Waals surface area contributed by atoms with Crippen LogP contribution in [-0.4, -0.2) is 30.9 Å². The molecule has 0 saturated heterocycles. The summed E-state index contributed by atoms with van der Waals surface area (Å²) in [4.78, 5) is 2.40. The first-order chi connectivity index (χ1) is 5.70. The van der Waals surface area contributed by atoms with Crippen LogP contribution in [0.25, 0.3) is 0 Å². The Balaban J connectivity index is 3.26. The highest BCUT2D eigenvalue weighted by Gasteiger charge is 2.02. The van der Waals surface area contributed by atoms with Gasteiger partial charge in [0.05, 0.1) is 0 Å². The van der Waals surface area contributed by atoms with Crippen molar-refractivity contribution in [1.29, 1.82) is 0 Å². The fraction of sp³-hybridized carbons (Fsp3) is 1.00. The molecule has 2 heteroatoms. The van der Waals surface area contributed by atoms with E-state index in [1.807, 2.05) is 0 Å². The molecule has 0 aromatic heterocycles. The van der Waals surface area contributed by atoms with Crippen molar-refractivity contribution in [2.75, 3.05) is 26.0 Å². The van der Waals surface area contributed by atoms with E-state index in [4.69, 9.17) is 11.6 Å². The first-order valence-electron chi connectivity index (χ1n) is 4.95. The van der Waals surface area contributed by atoms with Crippen molar-refractivity contribution in [2.24, 2.45) is 5.92 Å². The van der Waals surface area contributed by atoms with E-state index in [2.05, 4.69) is 25.8 Å². The first kappa shape index (κ1) is 12.2. The average Bonchev–Trinajstić information content (AvgIpc) is 2.05. The number of unbranched alkanes of at least 4 members (excludes halogenated alkanes) is 1.